The molecule has 17 heavy (non-hydrogen) atoms. The Balaban J connectivity index is 2.37. The van der Waals surface area contributed by atoms with Gasteiger partial charge in [-0.3, -0.25) is 5.41 Å². The smallest absolute Gasteiger partial charge is 0.249 e. The Bertz CT molecular complexity index is 559. The highest BCUT2D eigenvalue weighted by atomic mass is 35.5. The summed E-state index contributed by atoms with van der Waals surface area (Å²) in [5.74, 6) is 0.465. The third kappa shape index (κ3) is 2.51. The van der Waals surface area contributed by atoms with E-state index in [1.165, 1.54) is 6.20 Å². The summed E-state index contributed by atoms with van der Waals surface area (Å²) in [6.45, 7) is 0. The lowest BCUT2D eigenvalue weighted by Crippen LogP contribution is -2.13. The molecule has 0 bridgehead atoms. The molecule has 5 nitrogen and oxygen atoms in total. The van der Waals surface area contributed by atoms with Crippen molar-refractivity contribution in [2.75, 3.05) is 0 Å². The molecule has 2 rings (SSSR count). The quantitative estimate of drug-likeness (QED) is 0.644. The Hall–Kier alpha value is -2.14. The van der Waals surface area contributed by atoms with Crippen molar-refractivity contribution in [1.82, 2.24) is 10.2 Å². The van der Waals surface area contributed by atoms with Gasteiger partial charge in [-0.05, 0) is 18.2 Å². The highest BCUT2D eigenvalue weighted by molar-refractivity contribution is 6.32. The number of amidine groups is 1. The first-order valence-corrected chi connectivity index (χ1v) is 5.15. The summed E-state index contributed by atoms with van der Waals surface area (Å²) in [6.07, 6.45) is 1.44. The van der Waals surface area contributed by atoms with Crippen LogP contribution in [0.1, 0.15) is 5.56 Å². The van der Waals surface area contributed by atoms with Crippen LogP contribution in [0, 0.1) is 5.41 Å². The Kier molecular flexibility index (Phi) is 3.20. The number of benzene rings is 1. The number of rotatable bonds is 3. The SMILES string of the molecule is N=C(N)c1ccnnc1Oc1ccccc1Cl. The fraction of sp³-hybridized carbons (Fsp3) is 0. The first-order chi connectivity index (χ1) is 8.18. The third-order valence-electron chi connectivity index (χ3n) is 2.02. The first-order valence-electron chi connectivity index (χ1n) is 4.77. The molecule has 86 valence electrons. The van der Waals surface area contributed by atoms with Crippen molar-refractivity contribution in [2.45, 2.75) is 0 Å². The molecule has 1 heterocycles. The standard InChI is InChI=1S/C11H9ClN4O/c12-8-3-1-2-4-9(8)17-11-7(10(13)14)5-6-15-16-11/h1-6H,(H3,13,14). The van der Waals surface area contributed by atoms with E-state index in [9.17, 15) is 0 Å². The van der Waals surface area contributed by atoms with Gasteiger partial charge in [-0.2, -0.15) is 5.10 Å². The number of halogens is 1. The van der Waals surface area contributed by atoms with Crippen LogP contribution in [0.4, 0.5) is 0 Å². The van der Waals surface area contributed by atoms with E-state index in [0.29, 0.717) is 16.3 Å². The molecular weight excluding hydrogens is 240 g/mol. The maximum Gasteiger partial charge on any atom is 0.249 e. The number of nitrogens with one attached hydrogen (secondary N) is 1. The Morgan fingerprint density at radius 3 is 2.76 bits per heavy atom. The molecule has 0 unspecified atom stereocenters. The Morgan fingerprint density at radius 2 is 2.06 bits per heavy atom. The van der Waals surface area contributed by atoms with Gasteiger partial charge >= 0.3 is 0 Å². The van der Waals surface area contributed by atoms with Gasteiger partial charge in [-0.1, -0.05) is 23.7 Å². The van der Waals surface area contributed by atoms with Crippen molar-refractivity contribution in [1.29, 1.82) is 5.41 Å². The van der Waals surface area contributed by atoms with E-state index < -0.39 is 0 Å². The van der Waals surface area contributed by atoms with Gasteiger partial charge in [0.05, 0.1) is 16.8 Å². The van der Waals surface area contributed by atoms with Gasteiger partial charge < -0.3 is 10.5 Å². The van der Waals surface area contributed by atoms with E-state index in [-0.39, 0.29) is 11.7 Å². The molecule has 3 N–H and O–H groups in total. The lowest BCUT2D eigenvalue weighted by atomic mass is 10.3. The summed E-state index contributed by atoms with van der Waals surface area (Å²) in [6, 6.07) is 8.52. The number of aromatic nitrogens is 2. The summed E-state index contributed by atoms with van der Waals surface area (Å²) >= 11 is 5.95. The summed E-state index contributed by atoms with van der Waals surface area (Å²) in [4.78, 5) is 0. The van der Waals surface area contributed by atoms with Gasteiger partial charge in [0.1, 0.15) is 11.6 Å². The van der Waals surface area contributed by atoms with Gasteiger partial charge in [-0.15, -0.1) is 5.10 Å². The second-order valence-electron chi connectivity index (χ2n) is 3.20. The van der Waals surface area contributed by atoms with E-state index in [0.717, 1.165) is 0 Å². The largest absolute Gasteiger partial charge is 0.435 e. The predicted molar refractivity (Wildman–Crippen MR) is 64.6 cm³/mol. The van der Waals surface area contributed by atoms with E-state index in [1.54, 1.807) is 30.3 Å². The minimum absolute atomic E-state index is 0.137. The van der Waals surface area contributed by atoms with Gasteiger partial charge in [-0.25, -0.2) is 0 Å². The van der Waals surface area contributed by atoms with Crippen LogP contribution in [0.2, 0.25) is 5.02 Å². The predicted octanol–water partition coefficient (Wildman–Crippen LogP) is 2.21. The average Bonchev–Trinajstić information content (AvgIpc) is 2.32. The van der Waals surface area contributed by atoms with Crippen LogP contribution in [-0.4, -0.2) is 16.0 Å². The molecule has 1 aromatic carbocycles. The Labute approximate surface area is 103 Å². The highest BCUT2D eigenvalue weighted by Crippen LogP contribution is 2.28. The maximum atomic E-state index is 7.39. The number of nitrogens with two attached hydrogens (primary N) is 1. The minimum Gasteiger partial charge on any atom is -0.435 e. The van der Waals surface area contributed by atoms with Crippen LogP contribution in [0.25, 0.3) is 0 Å². The van der Waals surface area contributed by atoms with Gasteiger partial charge in [0.15, 0.2) is 0 Å². The van der Waals surface area contributed by atoms with E-state index >= 15 is 0 Å². The molecule has 0 saturated heterocycles. The highest BCUT2D eigenvalue weighted by Gasteiger charge is 2.10. The monoisotopic (exact) mass is 248 g/mol. The summed E-state index contributed by atoms with van der Waals surface area (Å²) in [7, 11) is 0. The molecule has 0 atom stereocenters. The first kappa shape index (κ1) is 11.3. The zero-order chi connectivity index (χ0) is 12.3. The molecule has 0 aliphatic rings. The number of ether oxygens (including phenoxy) is 1. The fourth-order valence-corrected chi connectivity index (χ4v) is 1.41. The van der Waals surface area contributed by atoms with Crippen molar-refractivity contribution in [3.05, 3.63) is 47.1 Å². The van der Waals surface area contributed by atoms with Gasteiger partial charge in [0.2, 0.25) is 5.88 Å². The number of hydrogen-bond acceptors (Lipinski definition) is 4. The number of nitrogens with zero attached hydrogens (tertiary/aromatic N) is 2. The van der Waals surface area contributed by atoms with Crippen molar-refractivity contribution < 1.29 is 4.74 Å². The van der Waals surface area contributed by atoms with Crippen LogP contribution in [0.5, 0.6) is 11.6 Å². The fourth-order valence-electron chi connectivity index (χ4n) is 1.23. The third-order valence-corrected chi connectivity index (χ3v) is 2.33. The van der Waals surface area contributed by atoms with Crippen LogP contribution >= 0.6 is 11.6 Å². The van der Waals surface area contributed by atoms with Crippen molar-refractivity contribution >= 4 is 17.4 Å². The van der Waals surface area contributed by atoms with Crippen molar-refractivity contribution in [3.63, 3.8) is 0 Å². The second-order valence-corrected chi connectivity index (χ2v) is 3.60. The maximum absolute atomic E-state index is 7.39. The van der Waals surface area contributed by atoms with Crippen molar-refractivity contribution in [3.8, 4) is 11.6 Å². The summed E-state index contributed by atoms with van der Waals surface area (Å²) < 4.78 is 5.48. The van der Waals surface area contributed by atoms with Crippen LogP contribution in [0.15, 0.2) is 36.5 Å². The average molecular weight is 249 g/mol. The zero-order valence-electron chi connectivity index (χ0n) is 8.72. The molecule has 0 aliphatic heterocycles. The molecule has 0 spiro atoms. The lowest BCUT2D eigenvalue weighted by Gasteiger charge is -2.08. The minimum atomic E-state index is -0.137. The van der Waals surface area contributed by atoms with Crippen molar-refractivity contribution in [2.24, 2.45) is 5.73 Å². The second kappa shape index (κ2) is 4.80. The molecule has 0 aliphatic carbocycles. The van der Waals surface area contributed by atoms with E-state index in [2.05, 4.69) is 10.2 Å². The molecule has 1 aromatic heterocycles. The lowest BCUT2D eigenvalue weighted by molar-refractivity contribution is 0.454. The zero-order valence-corrected chi connectivity index (χ0v) is 9.48. The molecule has 2 aromatic rings. The van der Waals surface area contributed by atoms with Crippen LogP contribution < -0.4 is 10.5 Å². The molecule has 6 heteroatoms. The molecular formula is C11H9ClN4O. The normalized spacial score (nSPS) is 9.94. The van der Waals surface area contributed by atoms with E-state index in [4.69, 9.17) is 27.5 Å². The molecule has 0 amide bonds. The van der Waals surface area contributed by atoms with Crippen LogP contribution in [-0.2, 0) is 0 Å². The van der Waals surface area contributed by atoms with Crippen LogP contribution in [0.3, 0.4) is 0 Å². The number of hydrogen-bond donors (Lipinski definition) is 2. The van der Waals surface area contributed by atoms with Gasteiger partial charge in [0.25, 0.3) is 0 Å². The molecule has 0 saturated carbocycles. The Morgan fingerprint density at radius 1 is 1.29 bits per heavy atom. The van der Waals surface area contributed by atoms with E-state index in [1.807, 2.05) is 0 Å². The van der Waals surface area contributed by atoms with Gasteiger partial charge in [0, 0.05) is 0 Å². The number of nitrogen functional groups attached to an aromatic ring is 1. The molecule has 0 radical (unpaired) electrons. The summed E-state index contributed by atoms with van der Waals surface area (Å²) in [5, 5.41) is 15.3. The number of para-hydroxylation sites is 1. The topological polar surface area (TPSA) is 84.9 Å². The summed E-state index contributed by atoms with van der Waals surface area (Å²) in [5.41, 5.74) is 5.78. The molecule has 0 fully saturated rings.